The molecule has 2 aliphatic heterocycles. The fraction of sp³-hybridized carbons (Fsp3) is 0.600. The van der Waals surface area contributed by atoms with E-state index in [-0.39, 0.29) is 12.1 Å². The van der Waals surface area contributed by atoms with E-state index in [1.807, 2.05) is 0 Å². The third-order valence-corrected chi connectivity index (χ3v) is 9.11. The van der Waals surface area contributed by atoms with Gasteiger partial charge in [-0.2, -0.15) is 17.0 Å². The van der Waals surface area contributed by atoms with Gasteiger partial charge in [-0.1, -0.05) is 18.2 Å². The first-order valence-electron chi connectivity index (χ1n) is 7.74. The smallest absolute Gasteiger partial charge is 0.223 e. The standard InChI is InChI=1S/C15H22N2O4S2/c1-16(2)23(20,21)17-12-8-9-13(17)11-15(10-12)22(18,19)14-6-4-3-5-7-14/h3-7,12-13,15H,8-11H2,1-2H3/t12-,13-/m1/s1. The molecule has 1 aromatic carbocycles. The van der Waals surface area contributed by atoms with Crippen molar-refractivity contribution in [3.05, 3.63) is 30.3 Å². The highest BCUT2D eigenvalue weighted by atomic mass is 32.2. The summed E-state index contributed by atoms with van der Waals surface area (Å²) in [5, 5.41) is -0.504. The van der Waals surface area contributed by atoms with E-state index in [1.165, 1.54) is 22.7 Å². The average molecular weight is 358 g/mol. The minimum atomic E-state index is -3.50. The summed E-state index contributed by atoms with van der Waals surface area (Å²) in [6.07, 6.45) is 2.22. The minimum Gasteiger partial charge on any atom is -0.223 e. The summed E-state index contributed by atoms with van der Waals surface area (Å²) >= 11 is 0. The van der Waals surface area contributed by atoms with Gasteiger partial charge in [-0.15, -0.1) is 0 Å². The zero-order chi connectivity index (χ0) is 16.8. The van der Waals surface area contributed by atoms with Gasteiger partial charge >= 0.3 is 0 Å². The molecular formula is C15H22N2O4S2. The molecule has 2 bridgehead atoms. The maximum absolute atomic E-state index is 12.8. The lowest BCUT2D eigenvalue weighted by Gasteiger charge is -2.38. The first kappa shape index (κ1) is 16.9. The van der Waals surface area contributed by atoms with Crippen LogP contribution in [0.25, 0.3) is 0 Å². The molecule has 2 fully saturated rings. The molecule has 8 heteroatoms. The first-order chi connectivity index (χ1) is 10.7. The van der Waals surface area contributed by atoms with Crippen molar-refractivity contribution in [1.82, 2.24) is 8.61 Å². The molecule has 23 heavy (non-hydrogen) atoms. The Morgan fingerprint density at radius 1 is 0.957 bits per heavy atom. The molecule has 3 rings (SSSR count). The van der Waals surface area contributed by atoms with Crippen LogP contribution in [0.4, 0.5) is 0 Å². The Morgan fingerprint density at radius 3 is 1.96 bits per heavy atom. The van der Waals surface area contributed by atoms with Crippen LogP contribution in [0.15, 0.2) is 35.2 Å². The van der Waals surface area contributed by atoms with Crippen molar-refractivity contribution in [1.29, 1.82) is 0 Å². The van der Waals surface area contributed by atoms with Crippen LogP contribution < -0.4 is 0 Å². The lowest BCUT2D eigenvalue weighted by Crippen LogP contribution is -2.52. The van der Waals surface area contributed by atoms with Gasteiger partial charge < -0.3 is 0 Å². The number of piperidine rings is 1. The van der Waals surface area contributed by atoms with Gasteiger partial charge in [0.25, 0.3) is 10.2 Å². The van der Waals surface area contributed by atoms with Gasteiger partial charge in [-0.05, 0) is 37.8 Å². The van der Waals surface area contributed by atoms with Gasteiger partial charge in [0.15, 0.2) is 9.84 Å². The van der Waals surface area contributed by atoms with Crippen molar-refractivity contribution in [3.63, 3.8) is 0 Å². The van der Waals surface area contributed by atoms with E-state index >= 15 is 0 Å². The number of rotatable bonds is 4. The lowest BCUT2D eigenvalue weighted by atomic mass is 10.1. The average Bonchev–Trinajstić information content (AvgIpc) is 2.79. The van der Waals surface area contributed by atoms with Crippen LogP contribution in [-0.2, 0) is 20.0 Å². The number of benzene rings is 1. The van der Waals surface area contributed by atoms with Crippen molar-refractivity contribution in [2.45, 2.75) is 47.9 Å². The molecule has 0 unspecified atom stereocenters. The third kappa shape index (κ3) is 2.82. The van der Waals surface area contributed by atoms with Crippen molar-refractivity contribution >= 4 is 20.0 Å². The molecule has 0 radical (unpaired) electrons. The second kappa shape index (κ2) is 5.84. The van der Waals surface area contributed by atoms with Crippen molar-refractivity contribution in [3.8, 4) is 0 Å². The Labute approximate surface area is 138 Å². The topological polar surface area (TPSA) is 74.8 Å². The molecule has 0 spiro atoms. The van der Waals surface area contributed by atoms with Crippen LogP contribution in [0, 0.1) is 0 Å². The second-order valence-corrected chi connectivity index (χ2v) is 10.7. The number of fused-ring (bicyclic) bond motifs is 2. The van der Waals surface area contributed by atoms with Crippen LogP contribution in [0.2, 0.25) is 0 Å². The van der Waals surface area contributed by atoms with Crippen LogP contribution >= 0.6 is 0 Å². The van der Waals surface area contributed by atoms with Gasteiger partial charge in [0.05, 0.1) is 10.1 Å². The van der Waals surface area contributed by atoms with E-state index in [4.69, 9.17) is 0 Å². The Morgan fingerprint density at radius 2 is 1.48 bits per heavy atom. The zero-order valence-electron chi connectivity index (χ0n) is 13.3. The summed E-state index contributed by atoms with van der Waals surface area (Å²) in [7, 11) is -3.88. The first-order valence-corrected chi connectivity index (χ1v) is 10.7. The van der Waals surface area contributed by atoms with E-state index < -0.39 is 25.3 Å². The summed E-state index contributed by atoms with van der Waals surface area (Å²) in [5.41, 5.74) is 0. The number of hydrogen-bond acceptors (Lipinski definition) is 4. The molecule has 0 aliphatic carbocycles. The largest absolute Gasteiger partial charge is 0.281 e. The Hall–Kier alpha value is -0.960. The third-order valence-electron chi connectivity index (χ3n) is 4.86. The quantitative estimate of drug-likeness (QED) is 0.812. The van der Waals surface area contributed by atoms with Crippen LogP contribution in [0.3, 0.4) is 0 Å². The maximum atomic E-state index is 12.8. The van der Waals surface area contributed by atoms with Gasteiger partial charge in [0.1, 0.15) is 0 Å². The molecule has 0 amide bonds. The van der Waals surface area contributed by atoms with Gasteiger partial charge in [0, 0.05) is 26.2 Å². The SMILES string of the molecule is CN(C)S(=O)(=O)N1[C@@H]2CC[C@@H]1CC(S(=O)(=O)c1ccccc1)C2. The Bertz CT molecular complexity index is 761. The van der Waals surface area contributed by atoms with Gasteiger partial charge in [-0.25, -0.2) is 8.42 Å². The predicted octanol–water partition coefficient (Wildman–Crippen LogP) is 1.26. The molecule has 0 saturated carbocycles. The normalized spacial score (nSPS) is 29.1. The van der Waals surface area contributed by atoms with Gasteiger partial charge in [-0.3, -0.25) is 0 Å². The van der Waals surface area contributed by atoms with E-state index in [1.54, 1.807) is 30.3 Å². The molecular weight excluding hydrogens is 336 g/mol. The van der Waals surface area contributed by atoms with E-state index in [2.05, 4.69) is 0 Å². The maximum Gasteiger partial charge on any atom is 0.281 e. The number of sulfone groups is 1. The molecule has 2 atom stereocenters. The molecule has 2 aliphatic rings. The predicted molar refractivity (Wildman–Crippen MR) is 87.9 cm³/mol. The summed E-state index contributed by atoms with van der Waals surface area (Å²) in [5.74, 6) is 0. The van der Waals surface area contributed by atoms with Crippen LogP contribution in [0.1, 0.15) is 25.7 Å². The van der Waals surface area contributed by atoms with E-state index in [9.17, 15) is 16.8 Å². The summed E-state index contributed by atoms with van der Waals surface area (Å²) in [4.78, 5) is 0.327. The number of hydrogen-bond donors (Lipinski definition) is 0. The molecule has 0 N–H and O–H groups in total. The summed E-state index contributed by atoms with van der Waals surface area (Å²) in [6.45, 7) is 0. The fourth-order valence-electron chi connectivity index (χ4n) is 3.71. The van der Waals surface area contributed by atoms with E-state index in [0.29, 0.717) is 17.7 Å². The van der Waals surface area contributed by atoms with Crippen LogP contribution in [0.5, 0.6) is 0 Å². The molecule has 0 aromatic heterocycles. The van der Waals surface area contributed by atoms with Crippen LogP contribution in [-0.4, -0.2) is 56.9 Å². The zero-order valence-corrected chi connectivity index (χ0v) is 14.9. The highest BCUT2D eigenvalue weighted by Gasteiger charge is 2.50. The highest BCUT2D eigenvalue weighted by molar-refractivity contribution is 7.92. The van der Waals surface area contributed by atoms with Gasteiger partial charge in [0.2, 0.25) is 0 Å². The minimum absolute atomic E-state index is 0.218. The summed E-state index contributed by atoms with van der Waals surface area (Å²) in [6, 6.07) is 8.00. The molecule has 2 saturated heterocycles. The van der Waals surface area contributed by atoms with Crippen molar-refractivity contribution in [2.24, 2.45) is 0 Å². The Kier molecular flexibility index (Phi) is 4.29. The Balaban J connectivity index is 1.88. The number of nitrogens with zero attached hydrogens (tertiary/aromatic N) is 2. The molecule has 6 nitrogen and oxygen atoms in total. The highest BCUT2D eigenvalue weighted by Crippen LogP contribution is 2.41. The molecule has 1 aromatic rings. The monoisotopic (exact) mass is 358 g/mol. The van der Waals surface area contributed by atoms with Crippen molar-refractivity contribution in [2.75, 3.05) is 14.1 Å². The summed E-state index contributed by atoms with van der Waals surface area (Å²) < 4.78 is 53.3. The molecule has 2 heterocycles. The van der Waals surface area contributed by atoms with Crippen molar-refractivity contribution < 1.29 is 16.8 Å². The second-order valence-electron chi connectivity index (χ2n) is 6.46. The lowest BCUT2D eigenvalue weighted by molar-refractivity contribution is 0.236. The fourth-order valence-corrected chi connectivity index (χ4v) is 7.09. The van der Waals surface area contributed by atoms with E-state index in [0.717, 1.165) is 12.8 Å². The molecule has 128 valence electrons.